The van der Waals surface area contributed by atoms with Gasteiger partial charge in [-0.1, -0.05) is 20.8 Å². The fraction of sp³-hybridized carbons (Fsp3) is 0.706. The highest BCUT2D eigenvalue weighted by molar-refractivity contribution is 5.92. The quantitative estimate of drug-likeness (QED) is 0.792. The first-order valence-electron chi connectivity index (χ1n) is 8.63. The molecule has 2 saturated heterocycles. The van der Waals surface area contributed by atoms with Crippen LogP contribution >= 0.6 is 0 Å². The van der Waals surface area contributed by atoms with Gasteiger partial charge in [0.15, 0.2) is 0 Å². The van der Waals surface area contributed by atoms with Crippen LogP contribution in [-0.2, 0) is 15.1 Å². The van der Waals surface area contributed by atoms with E-state index >= 15 is 0 Å². The number of hydrogen-bond donors (Lipinski definition) is 2. The minimum atomic E-state index is -0.312. The largest absolute Gasteiger partial charge is 0.337 e. The minimum Gasteiger partial charge on any atom is -0.337 e. The topological polar surface area (TPSA) is 79.3 Å². The highest BCUT2D eigenvalue weighted by atomic mass is 16.2. The molecule has 1 aromatic rings. The van der Waals surface area contributed by atoms with Crippen molar-refractivity contribution in [2.75, 3.05) is 31.5 Å². The van der Waals surface area contributed by atoms with Crippen LogP contribution < -0.4 is 10.6 Å². The Morgan fingerprint density at radius 2 is 2.08 bits per heavy atom. The van der Waals surface area contributed by atoms with Crippen LogP contribution in [-0.4, -0.2) is 52.4 Å². The van der Waals surface area contributed by atoms with E-state index in [1.807, 2.05) is 15.7 Å². The normalized spacial score (nSPS) is 28.5. The van der Waals surface area contributed by atoms with E-state index in [-0.39, 0.29) is 28.7 Å². The highest BCUT2D eigenvalue weighted by Gasteiger charge is 2.53. The Hall–Kier alpha value is -1.89. The van der Waals surface area contributed by atoms with E-state index in [1.54, 1.807) is 6.20 Å². The lowest BCUT2D eigenvalue weighted by Gasteiger charge is -2.53. The van der Waals surface area contributed by atoms with Crippen molar-refractivity contribution in [3.8, 4) is 0 Å². The number of carbonyl (C=O) groups excluding carboxylic acids is 2. The second kappa shape index (κ2) is 5.05. The second-order valence-electron chi connectivity index (χ2n) is 8.50. The summed E-state index contributed by atoms with van der Waals surface area (Å²) in [5.41, 5.74) is -0.207. The molecule has 1 aromatic heterocycles. The van der Waals surface area contributed by atoms with Gasteiger partial charge in [-0.25, -0.2) is 4.98 Å². The molecule has 0 aliphatic carbocycles. The number of nitrogens with one attached hydrogen (secondary N) is 2. The Morgan fingerprint density at radius 1 is 1.33 bits per heavy atom. The standard InChI is InChI=1S/C17H25N5O2/c1-16(2,3)12-8-18-7-11(12)14(24)21-9-17(10-21)6-13(23)20-15-19-4-5-22(15)17/h4-5,11-12,18H,6-10H2,1-3H3,(H,19,20,23)/t11-,12-/m1/s1. The maximum absolute atomic E-state index is 13.0. The van der Waals surface area contributed by atoms with Crippen LogP contribution in [0.1, 0.15) is 27.2 Å². The van der Waals surface area contributed by atoms with Crippen LogP contribution in [0.25, 0.3) is 0 Å². The van der Waals surface area contributed by atoms with Gasteiger partial charge in [-0.3, -0.25) is 14.9 Å². The molecule has 0 aromatic carbocycles. The zero-order valence-electron chi connectivity index (χ0n) is 14.5. The van der Waals surface area contributed by atoms with E-state index in [4.69, 9.17) is 0 Å². The highest BCUT2D eigenvalue weighted by Crippen LogP contribution is 2.41. The summed E-state index contributed by atoms with van der Waals surface area (Å²) >= 11 is 0. The molecular weight excluding hydrogens is 306 g/mol. The predicted molar refractivity (Wildman–Crippen MR) is 89.3 cm³/mol. The van der Waals surface area contributed by atoms with Crippen LogP contribution in [0.5, 0.6) is 0 Å². The number of aromatic nitrogens is 2. The number of hydrogen-bond acceptors (Lipinski definition) is 4. The maximum atomic E-state index is 13.0. The average molecular weight is 331 g/mol. The molecule has 0 unspecified atom stereocenters. The fourth-order valence-corrected chi connectivity index (χ4v) is 4.50. The third-order valence-electron chi connectivity index (χ3n) is 5.82. The number of rotatable bonds is 1. The van der Waals surface area contributed by atoms with Crippen LogP contribution in [0.4, 0.5) is 5.95 Å². The van der Waals surface area contributed by atoms with Gasteiger partial charge >= 0.3 is 0 Å². The van der Waals surface area contributed by atoms with Gasteiger partial charge in [0.05, 0.1) is 17.9 Å². The van der Waals surface area contributed by atoms with Crippen molar-refractivity contribution in [3.63, 3.8) is 0 Å². The average Bonchev–Trinajstić information content (AvgIpc) is 3.10. The fourth-order valence-electron chi connectivity index (χ4n) is 4.50. The zero-order chi connectivity index (χ0) is 17.1. The van der Waals surface area contributed by atoms with E-state index in [9.17, 15) is 9.59 Å². The Morgan fingerprint density at radius 3 is 2.79 bits per heavy atom. The molecule has 7 heteroatoms. The molecule has 4 rings (SSSR count). The molecule has 2 amide bonds. The summed E-state index contributed by atoms with van der Waals surface area (Å²) in [5.74, 6) is 1.17. The number of likely N-dealkylation sites (tertiary alicyclic amines) is 1. The van der Waals surface area contributed by atoms with Crippen molar-refractivity contribution in [1.29, 1.82) is 0 Å². The molecule has 0 bridgehead atoms. The van der Waals surface area contributed by atoms with Gasteiger partial charge in [-0.15, -0.1) is 0 Å². The van der Waals surface area contributed by atoms with Crippen LogP contribution in [0, 0.1) is 17.3 Å². The van der Waals surface area contributed by atoms with E-state index in [0.717, 1.165) is 13.1 Å². The molecule has 0 saturated carbocycles. The lowest BCUT2D eigenvalue weighted by Crippen LogP contribution is -2.67. The number of fused-ring (bicyclic) bond motifs is 2. The monoisotopic (exact) mass is 331 g/mol. The van der Waals surface area contributed by atoms with Crippen LogP contribution in [0.3, 0.4) is 0 Å². The third kappa shape index (κ3) is 2.25. The van der Waals surface area contributed by atoms with Crippen molar-refractivity contribution in [2.45, 2.75) is 32.7 Å². The third-order valence-corrected chi connectivity index (χ3v) is 5.82. The molecule has 2 N–H and O–H groups in total. The van der Waals surface area contributed by atoms with E-state index in [1.165, 1.54) is 0 Å². The van der Waals surface area contributed by atoms with Crippen molar-refractivity contribution < 1.29 is 9.59 Å². The summed E-state index contributed by atoms with van der Waals surface area (Å²) < 4.78 is 2.02. The molecule has 24 heavy (non-hydrogen) atoms. The summed E-state index contributed by atoms with van der Waals surface area (Å²) in [5, 5.41) is 6.16. The Labute approximate surface area is 141 Å². The van der Waals surface area contributed by atoms with Crippen molar-refractivity contribution >= 4 is 17.8 Å². The first-order chi connectivity index (χ1) is 11.3. The molecule has 2 atom stereocenters. The second-order valence-corrected chi connectivity index (χ2v) is 8.50. The first kappa shape index (κ1) is 15.6. The Balaban J connectivity index is 1.50. The molecule has 130 valence electrons. The van der Waals surface area contributed by atoms with Gasteiger partial charge in [0, 0.05) is 32.0 Å². The van der Waals surface area contributed by atoms with Gasteiger partial charge in [0.2, 0.25) is 17.8 Å². The maximum Gasteiger partial charge on any atom is 0.229 e. The molecule has 7 nitrogen and oxygen atoms in total. The van der Waals surface area contributed by atoms with Crippen molar-refractivity contribution in [1.82, 2.24) is 19.8 Å². The number of nitrogens with zero attached hydrogens (tertiary/aromatic N) is 3. The lowest BCUT2D eigenvalue weighted by molar-refractivity contribution is -0.151. The van der Waals surface area contributed by atoms with Gasteiger partial charge in [0.25, 0.3) is 0 Å². The summed E-state index contributed by atoms with van der Waals surface area (Å²) in [7, 11) is 0. The minimum absolute atomic E-state index is 0.0177. The molecule has 3 aliphatic rings. The molecule has 0 radical (unpaired) electrons. The van der Waals surface area contributed by atoms with Gasteiger partial charge in [-0.2, -0.15) is 0 Å². The Bertz CT molecular complexity index is 683. The lowest BCUT2D eigenvalue weighted by atomic mass is 9.73. The molecule has 4 heterocycles. The summed E-state index contributed by atoms with van der Waals surface area (Å²) in [6.07, 6.45) is 4.00. The van der Waals surface area contributed by atoms with E-state index in [2.05, 4.69) is 36.4 Å². The SMILES string of the molecule is CC(C)(C)[C@@H]1CNC[C@H]1C(=O)N1CC2(CC(=O)Nc3nccn32)C1. The van der Waals surface area contributed by atoms with Gasteiger partial charge in [0.1, 0.15) is 0 Å². The number of anilines is 1. The van der Waals surface area contributed by atoms with Crippen molar-refractivity contribution in [2.24, 2.45) is 17.3 Å². The molecule has 3 aliphatic heterocycles. The number of carbonyl (C=O) groups is 2. The zero-order valence-corrected chi connectivity index (χ0v) is 14.5. The summed E-state index contributed by atoms with van der Waals surface area (Å²) in [4.78, 5) is 31.1. The number of amides is 2. The number of imidazole rings is 1. The molecule has 1 spiro atoms. The van der Waals surface area contributed by atoms with Gasteiger partial charge < -0.3 is 14.8 Å². The predicted octanol–water partition coefficient (Wildman–Crippen LogP) is 0.645. The Kier molecular flexibility index (Phi) is 3.29. The smallest absolute Gasteiger partial charge is 0.229 e. The van der Waals surface area contributed by atoms with Crippen molar-refractivity contribution in [3.05, 3.63) is 12.4 Å². The first-order valence-corrected chi connectivity index (χ1v) is 8.63. The molecular formula is C17H25N5O2. The van der Waals surface area contributed by atoms with Gasteiger partial charge in [-0.05, 0) is 17.9 Å². The van der Waals surface area contributed by atoms with E-state index < -0.39 is 0 Å². The summed E-state index contributed by atoms with van der Waals surface area (Å²) in [6.45, 7) is 9.43. The molecule has 2 fully saturated rings. The van der Waals surface area contributed by atoms with Crippen LogP contribution in [0.2, 0.25) is 0 Å². The van der Waals surface area contributed by atoms with E-state index in [0.29, 0.717) is 31.4 Å². The summed E-state index contributed by atoms with van der Waals surface area (Å²) in [6, 6.07) is 0. The van der Waals surface area contributed by atoms with Crippen LogP contribution in [0.15, 0.2) is 12.4 Å².